The highest BCUT2D eigenvalue weighted by Crippen LogP contribution is 2.04. The van der Waals surface area contributed by atoms with Gasteiger partial charge in [-0.15, -0.1) is 0 Å². The van der Waals surface area contributed by atoms with E-state index in [0.29, 0.717) is 6.42 Å². The van der Waals surface area contributed by atoms with E-state index in [9.17, 15) is 9.59 Å². The molecule has 0 aromatic rings. The van der Waals surface area contributed by atoms with Crippen molar-refractivity contribution in [2.24, 2.45) is 0 Å². The number of esters is 2. The highest BCUT2D eigenvalue weighted by molar-refractivity contribution is 5.69. The van der Waals surface area contributed by atoms with Crippen LogP contribution in [0.15, 0.2) is 36.5 Å². The van der Waals surface area contributed by atoms with Crippen LogP contribution in [0.2, 0.25) is 0 Å². The molecule has 0 unspecified atom stereocenters. The Morgan fingerprint density at radius 2 is 1.71 bits per heavy atom. The molecule has 0 aliphatic rings. The molecule has 128 valence electrons. The third-order valence-corrected chi connectivity index (χ3v) is 2.70. The van der Waals surface area contributed by atoms with Gasteiger partial charge >= 0.3 is 11.9 Å². The Hall–Kier alpha value is -2.72. The molecule has 4 nitrogen and oxygen atoms in total. The number of carbonyl (C=O) groups is 2. The van der Waals surface area contributed by atoms with Gasteiger partial charge in [0, 0.05) is 13.3 Å². The minimum absolute atomic E-state index is 0.143. The lowest BCUT2D eigenvalue weighted by atomic mass is 10.1. The Balaban J connectivity index is 3.68. The Kier molecular flexibility index (Phi) is 14.8. The lowest BCUT2D eigenvalue weighted by Gasteiger charge is -1.97. The molecule has 0 aliphatic heterocycles. The van der Waals surface area contributed by atoms with E-state index in [1.165, 1.54) is 14.0 Å². The molecule has 0 radical (unpaired) electrons. The van der Waals surface area contributed by atoms with Crippen molar-refractivity contribution in [2.45, 2.75) is 39.0 Å². The number of methoxy groups -OCH3 is 1. The van der Waals surface area contributed by atoms with Crippen molar-refractivity contribution in [1.29, 1.82) is 0 Å². The Bertz CT molecular complexity index is 574. The molecule has 4 heteroatoms. The summed E-state index contributed by atoms with van der Waals surface area (Å²) >= 11 is 0. The van der Waals surface area contributed by atoms with Crippen molar-refractivity contribution >= 4 is 11.9 Å². The molecule has 0 aliphatic carbocycles. The summed E-state index contributed by atoms with van der Waals surface area (Å²) in [6.45, 7) is 1.59. The smallest absolute Gasteiger partial charge is 0.305 e. The van der Waals surface area contributed by atoms with Crippen molar-refractivity contribution in [3.05, 3.63) is 36.5 Å². The number of rotatable bonds is 9. The molecule has 0 heterocycles. The summed E-state index contributed by atoms with van der Waals surface area (Å²) in [5.74, 6) is 10.4. The first kappa shape index (κ1) is 21.3. The number of allylic oxidation sites excluding steroid dienone is 5. The van der Waals surface area contributed by atoms with Crippen LogP contribution in [-0.4, -0.2) is 25.7 Å². The van der Waals surface area contributed by atoms with Crippen LogP contribution in [0, 0.1) is 23.7 Å². The van der Waals surface area contributed by atoms with Crippen LogP contribution in [0.3, 0.4) is 0 Å². The van der Waals surface area contributed by atoms with Gasteiger partial charge in [0.2, 0.25) is 0 Å². The Morgan fingerprint density at radius 1 is 0.958 bits per heavy atom. The largest absolute Gasteiger partial charge is 0.469 e. The molecule has 0 aromatic carbocycles. The maximum Gasteiger partial charge on any atom is 0.305 e. The average Bonchev–Trinajstić information content (AvgIpc) is 2.57. The standard InChI is InChI=1S/C20H24O4/c1-19(21)24-18-16-14-12-10-8-6-4-3-5-7-9-11-13-15-17-20(22)23-2/h3-5,7,14,16H,9,11,13,15,17-18H2,1-2H3. The summed E-state index contributed by atoms with van der Waals surface area (Å²) in [6.07, 6.45) is 15.3. The zero-order valence-corrected chi connectivity index (χ0v) is 14.3. The van der Waals surface area contributed by atoms with E-state index in [1.54, 1.807) is 18.2 Å². The topological polar surface area (TPSA) is 52.6 Å². The molecular weight excluding hydrogens is 304 g/mol. The van der Waals surface area contributed by atoms with Gasteiger partial charge in [-0.3, -0.25) is 9.59 Å². The fraction of sp³-hybridized carbons (Fsp3) is 0.400. The van der Waals surface area contributed by atoms with Crippen LogP contribution in [0.4, 0.5) is 0 Å². The third-order valence-electron chi connectivity index (χ3n) is 2.70. The number of carbonyl (C=O) groups excluding carboxylic acids is 2. The molecule has 0 N–H and O–H groups in total. The van der Waals surface area contributed by atoms with Gasteiger partial charge < -0.3 is 9.47 Å². The van der Waals surface area contributed by atoms with Crippen molar-refractivity contribution in [2.75, 3.05) is 13.7 Å². The van der Waals surface area contributed by atoms with E-state index in [0.717, 1.165) is 25.7 Å². The molecule has 24 heavy (non-hydrogen) atoms. The molecule has 0 fully saturated rings. The van der Waals surface area contributed by atoms with Gasteiger partial charge in [-0.1, -0.05) is 36.5 Å². The van der Waals surface area contributed by atoms with Crippen molar-refractivity contribution < 1.29 is 19.1 Å². The van der Waals surface area contributed by atoms with Gasteiger partial charge in [-0.2, -0.15) is 0 Å². The minimum atomic E-state index is -0.313. The maximum absolute atomic E-state index is 10.9. The van der Waals surface area contributed by atoms with E-state index in [4.69, 9.17) is 4.74 Å². The predicted octanol–water partition coefficient (Wildman–Crippen LogP) is 3.35. The van der Waals surface area contributed by atoms with Crippen LogP contribution in [0.25, 0.3) is 0 Å². The summed E-state index contributed by atoms with van der Waals surface area (Å²) in [5, 5.41) is 0. The quantitative estimate of drug-likeness (QED) is 0.282. The molecule has 0 bridgehead atoms. The predicted molar refractivity (Wildman–Crippen MR) is 94.7 cm³/mol. The van der Waals surface area contributed by atoms with Crippen LogP contribution in [0.1, 0.15) is 39.0 Å². The van der Waals surface area contributed by atoms with Gasteiger partial charge in [0.1, 0.15) is 6.61 Å². The van der Waals surface area contributed by atoms with E-state index >= 15 is 0 Å². The lowest BCUT2D eigenvalue weighted by Crippen LogP contribution is -1.98. The number of unbranched alkanes of at least 4 members (excludes halogenated alkanes) is 3. The second-order valence-corrected chi connectivity index (χ2v) is 4.71. The molecule has 0 saturated carbocycles. The second kappa shape index (κ2) is 16.6. The van der Waals surface area contributed by atoms with Gasteiger partial charge in [0.15, 0.2) is 0 Å². The molecule has 0 atom stereocenters. The summed E-state index contributed by atoms with van der Waals surface area (Å²) in [4.78, 5) is 21.4. The summed E-state index contributed by atoms with van der Waals surface area (Å²) in [5.41, 5.74) is 0. The van der Waals surface area contributed by atoms with E-state index in [1.807, 2.05) is 12.2 Å². The molecule has 0 aromatic heterocycles. The average molecular weight is 328 g/mol. The second-order valence-electron chi connectivity index (χ2n) is 4.71. The number of hydrogen-bond donors (Lipinski definition) is 0. The van der Waals surface area contributed by atoms with Crippen molar-refractivity contribution in [3.63, 3.8) is 0 Å². The number of hydrogen-bond acceptors (Lipinski definition) is 4. The summed E-state index contributed by atoms with van der Waals surface area (Å²) < 4.78 is 9.28. The Labute approximate surface area is 144 Å². The highest BCUT2D eigenvalue weighted by atomic mass is 16.5. The van der Waals surface area contributed by atoms with Crippen LogP contribution in [0.5, 0.6) is 0 Å². The molecular formula is C20H24O4. The van der Waals surface area contributed by atoms with Crippen LogP contribution >= 0.6 is 0 Å². The van der Waals surface area contributed by atoms with Gasteiger partial charge in [0.05, 0.1) is 7.11 Å². The Morgan fingerprint density at radius 3 is 2.42 bits per heavy atom. The van der Waals surface area contributed by atoms with Gasteiger partial charge in [-0.25, -0.2) is 0 Å². The first-order valence-electron chi connectivity index (χ1n) is 7.84. The van der Waals surface area contributed by atoms with E-state index in [2.05, 4.69) is 34.5 Å². The number of ether oxygens (including phenoxy) is 2. The van der Waals surface area contributed by atoms with E-state index in [-0.39, 0.29) is 18.5 Å². The highest BCUT2D eigenvalue weighted by Gasteiger charge is 1.97. The van der Waals surface area contributed by atoms with Gasteiger partial charge in [-0.05, 0) is 49.3 Å². The molecule has 0 saturated heterocycles. The first-order chi connectivity index (χ1) is 11.7. The molecule has 0 spiro atoms. The fourth-order valence-corrected chi connectivity index (χ4v) is 1.52. The molecule has 0 amide bonds. The zero-order valence-electron chi connectivity index (χ0n) is 14.3. The maximum atomic E-state index is 10.9. The van der Waals surface area contributed by atoms with Crippen molar-refractivity contribution in [3.8, 4) is 23.7 Å². The first-order valence-corrected chi connectivity index (χ1v) is 7.84. The van der Waals surface area contributed by atoms with Crippen molar-refractivity contribution in [1.82, 2.24) is 0 Å². The van der Waals surface area contributed by atoms with Crippen LogP contribution < -0.4 is 0 Å². The summed E-state index contributed by atoms with van der Waals surface area (Å²) in [7, 11) is 1.41. The van der Waals surface area contributed by atoms with Gasteiger partial charge in [0.25, 0.3) is 0 Å². The monoisotopic (exact) mass is 328 g/mol. The molecule has 0 rings (SSSR count). The third kappa shape index (κ3) is 17.3. The van der Waals surface area contributed by atoms with E-state index < -0.39 is 0 Å². The zero-order chi connectivity index (χ0) is 17.9. The lowest BCUT2D eigenvalue weighted by molar-refractivity contribution is -0.141. The minimum Gasteiger partial charge on any atom is -0.469 e. The normalized spacial score (nSPS) is 10.2. The SMILES string of the molecule is COC(=O)CCCCCC=CC=CC#CC#CC=CCOC(C)=O. The van der Waals surface area contributed by atoms with Crippen LogP contribution in [-0.2, 0) is 19.1 Å². The fourth-order valence-electron chi connectivity index (χ4n) is 1.52. The summed E-state index contributed by atoms with van der Waals surface area (Å²) in [6, 6.07) is 0.